The molecule has 2 aromatic rings. The SMILES string of the molecule is Cc1ccc(S(=O)(=O)NNc2ncnc(N3CCC(C(=O)O)CC3)c2[N+](=O)[O-])cc1. The van der Waals surface area contributed by atoms with Crippen molar-refractivity contribution in [3.05, 3.63) is 46.3 Å². The number of hydrazine groups is 1. The number of anilines is 2. The molecule has 0 bridgehead atoms. The summed E-state index contributed by atoms with van der Waals surface area (Å²) in [6, 6.07) is 6.07. The van der Waals surface area contributed by atoms with E-state index in [4.69, 9.17) is 5.11 Å². The molecule has 3 N–H and O–H groups in total. The summed E-state index contributed by atoms with van der Waals surface area (Å²) in [5, 5.41) is 20.8. The molecule has 1 saturated heterocycles. The fourth-order valence-electron chi connectivity index (χ4n) is 3.09. The number of nitrogens with one attached hydrogen (secondary N) is 2. The molecule has 0 atom stereocenters. The summed E-state index contributed by atoms with van der Waals surface area (Å²) < 4.78 is 24.9. The molecule has 0 amide bonds. The number of nitrogens with zero attached hydrogens (tertiary/aromatic N) is 4. The second-order valence-corrected chi connectivity index (χ2v) is 8.48. The molecule has 0 radical (unpaired) electrons. The Labute approximate surface area is 172 Å². The Morgan fingerprint density at radius 3 is 2.43 bits per heavy atom. The highest BCUT2D eigenvalue weighted by atomic mass is 32.2. The quantitative estimate of drug-likeness (QED) is 0.425. The number of nitro groups is 1. The third-order valence-electron chi connectivity index (χ3n) is 4.76. The Hall–Kier alpha value is -3.32. The maximum atomic E-state index is 12.4. The van der Waals surface area contributed by atoms with Crippen molar-refractivity contribution in [2.45, 2.75) is 24.7 Å². The van der Waals surface area contributed by atoms with E-state index in [-0.39, 0.29) is 29.6 Å². The van der Waals surface area contributed by atoms with Crippen molar-refractivity contribution in [1.82, 2.24) is 14.8 Å². The van der Waals surface area contributed by atoms with E-state index in [2.05, 4.69) is 20.2 Å². The van der Waals surface area contributed by atoms with Crippen molar-refractivity contribution in [2.75, 3.05) is 23.4 Å². The average molecular weight is 436 g/mol. The van der Waals surface area contributed by atoms with E-state index in [0.717, 1.165) is 11.9 Å². The van der Waals surface area contributed by atoms with Gasteiger partial charge in [0.2, 0.25) is 11.6 Å². The van der Waals surface area contributed by atoms with E-state index in [1.165, 1.54) is 12.1 Å². The van der Waals surface area contributed by atoms with E-state index >= 15 is 0 Å². The van der Waals surface area contributed by atoms with Gasteiger partial charge in [0, 0.05) is 13.1 Å². The van der Waals surface area contributed by atoms with Crippen LogP contribution in [0.5, 0.6) is 0 Å². The Balaban J connectivity index is 1.82. The summed E-state index contributed by atoms with van der Waals surface area (Å²) in [5.74, 6) is -1.74. The molecule has 1 aliphatic heterocycles. The molecule has 0 unspecified atom stereocenters. The van der Waals surface area contributed by atoms with Gasteiger partial charge < -0.3 is 10.0 Å². The van der Waals surface area contributed by atoms with Crippen LogP contribution in [0.15, 0.2) is 35.5 Å². The van der Waals surface area contributed by atoms with Crippen LogP contribution in [0.2, 0.25) is 0 Å². The molecule has 3 rings (SSSR count). The van der Waals surface area contributed by atoms with Crippen molar-refractivity contribution in [3.63, 3.8) is 0 Å². The van der Waals surface area contributed by atoms with Crippen molar-refractivity contribution in [3.8, 4) is 0 Å². The summed E-state index contributed by atoms with van der Waals surface area (Å²) in [6.07, 6.45) is 1.72. The number of aromatic nitrogens is 2. The lowest BCUT2D eigenvalue weighted by Gasteiger charge is -2.30. The van der Waals surface area contributed by atoms with E-state index in [1.54, 1.807) is 17.0 Å². The molecule has 0 spiro atoms. The molecule has 1 fully saturated rings. The predicted molar refractivity (Wildman–Crippen MR) is 106 cm³/mol. The lowest BCUT2D eigenvalue weighted by Crippen LogP contribution is -2.37. The number of piperidine rings is 1. The first-order valence-corrected chi connectivity index (χ1v) is 10.5. The number of aliphatic carboxylic acids is 1. The monoisotopic (exact) mass is 436 g/mol. The van der Waals surface area contributed by atoms with Gasteiger partial charge in [-0.15, -0.1) is 4.83 Å². The fraction of sp³-hybridized carbons (Fsp3) is 0.353. The molecule has 2 heterocycles. The summed E-state index contributed by atoms with van der Waals surface area (Å²) in [4.78, 5) is 33.5. The molecule has 1 aliphatic rings. The van der Waals surface area contributed by atoms with Gasteiger partial charge in [-0.25, -0.2) is 18.4 Å². The van der Waals surface area contributed by atoms with Gasteiger partial charge in [-0.1, -0.05) is 17.7 Å². The van der Waals surface area contributed by atoms with Crippen LogP contribution in [0.4, 0.5) is 17.3 Å². The largest absolute Gasteiger partial charge is 0.481 e. The normalized spacial score (nSPS) is 15.0. The zero-order chi connectivity index (χ0) is 21.9. The van der Waals surface area contributed by atoms with Crippen LogP contribution >= 0.6 is 0 Å². The molecule has 12 nitrogen and oxygen atoms in total. The van der Waals surface area contributed by atoms with Gasteiger partial charge in [0.25, 0.3) is 10.0 Å². The van der Waals surface area contributed by atoms with E-state index < -0.39 is 32.5 Å². The molecule has 1 aromatic heterocycles. The molecular formula is C17H20N6O6S. The van der Waals surface area contributed by atoms with Gasteiger partial charge in [0.1, 0.15) is 6.33 Å². The Morgan fingerprint density at radius 1 is 1.23 bits per heavy atom. The Bertz CT molecular complexity index is 1050. The third-order valence-corrected chi connectivity index (χ3v) is 6.03. The minimum atomic E-state index is -4.00. The van der Waals surface area contributed by atoms with Gasteiger partial charge in [0.15, 0.2) is 0 Å². The number of carbonyl (C=O) groups is 1. The number of hydrogen-bond donors (Lipinski definition) is 3. The number of rotatable bonds is 7. The van der Waals surface area contributed by atoms with Crippen molar-refractivity contribution >= 4 is 33.3 Å². The highest BCUT2D eigenvalue weighted by Gasteiger charge is 2.32. The van der Waals surface area contributed by atoms with Crippen LogP contribution < -0.4 is 15.2 Å². The number of aryl methyl sites for hydroxylation is 1. The van der Waals surface area contributed by atoms with Crippen molar-refractivity contribution in [1.29, 1.82) is 0 Å². The third kappa shape index (κ3) is 4.63. The van der Waals surface area contributed by atoms with Crippen LogP contribution in [0, 0.1) is 23.0 Å². The lowest BCUT2D eigenvalue weighted by atomic mass is 9.97. The summed E-state index contributed by atoms with van der Waals surface area (Å²) in [7, 11) is -4.00. The molecule has 0 aliphatic carbocycles. The maximum absolute atomic E-state index is 12.4. The van der Waals surface area contributed by atoms with E-state index in [9.17, 15) is 23.3 Å². The molecule has 1 aromatic carbocycles. The summed E-state index contributed by atoms with van der Waals surface area (Å²) in [5.41, 5.74) is 2.68. The summed E-state index contributed by atoms with van der Waals surface area (Å²) in [6.45, 7) is 2.35. The molecule has 0 saturated carbocycles. The predicted octanol–water partition coefficient (Wildman–Crippen LogP) is 1.30. The number of hydrogen-bond acceptors (Lipinski definition) is 9. The fourth-order valence-corrected chi connectivity index (χ4v) is 3.93. The van der Waals surface area contributed by atoms with Crippen molar-refractivity contribution < 1.29 is 23.2 Å². The van der Waals surface area contributed by atoms with Gasteiger partial charge >= 0.3 is 11.7 Å². The number of benzene rings is 1. The van der Waals surface area contributed by atoms with Crippen molar-refractivity contribution in [2.24, 2.45) is 5.92 Å². The highest BCUT2D eigenvalue weighted by Crippen LogP contribution is 2.33. The maximum Gasteiger partial charge on any atom is 0.354 e. The Morgan fingerprint density at radius 2 is 1.87 bits per heavy atom. The Kier molecular flexibility index (Phi) is 6.12. The van der Waals surface area contributed by atoms with Crippen LogP contribution in [0.3, 0.4) is 0 Å². The van der Waals surface area contributed by atoms with Crippen LogP contribution in [-0.4, -0.2) is 47.5 Å². The van der Waals surface area contributed by atoms with Crippen LogP contribution in [0.25, 0.3) is 0 Å². The topological polar surface area (TPSA) is 168 Å². The minimum Gasteiger partial charge on any atom is -0.481 e. The molecule has 13 heteroatoms. The zero-order valence-electron chi connectivity index (χ0n) is 16.0. The molecule has 160 valence electrons. The first kappa shape index (κ1) is 21.4. The van der Waals surface area contributed by atoms with Crippen LogP contribution in [0.1, 0.15) is 18.4 Å². The van der Waals surface area contributed by atoms with Gasteiger partial charge in [0.05, 0.1) is 15.7 Å². The number of carboxylic acid groups (broad SMARTS) is 1. The molecular weight excluding hydrogens is 416 g/mol. The minimum absolute atomic E-state index is 0.00382. The van der Waals surface area contributed by atoms with Gasteiger partial charge in [-0.3, -0.25) is 20.3 Å². The average Bonchev–Trinajstić information content (AvgIpc) is 2.72. The first-order chi connectivity index (χ1) is 14.2. The van der Waals surface area contributed by atoms with Crippen LogP contribution in [-0.2, 0) is 14.8 Å². The van der Waals surface area contributed by atoms with Gasteiger partial charge in [-0.05, 0) is 31.9 Å². The second kappa shape index (κ2) is 8.59. The molecule has 30 heavy (non-hydrogen) atoms. The number of sulfonamides is 1. The second-order valence-electron chi connectivity index (χ2n) is 6.79. The lowest BCUT2D eigenvalue weighted by molar-refractivity contribution is -0.383. The first-order valence-electron chi connectivity index (χ1n) is 9.00. The van der Waals surface area contributed by atoms with Gasteiger partial charge in [-0.2, -0.15) is 0 Å². The van der Waals surface area contributed by atoms with E-state index in [0.29, 0.717) is 12.8 Å². The summed E-state index contributed by atoms with van der Waals surface area (Å²) >= 11 is 0. The zero-order valence-corrected chi connectivity index (χ0v) is 16.8. The van der Waals surface area contributed by atoms with E-state index in [1.807, 2.05) is 6.92 Å². The number of carboxylic acids is 1. The highest BCUT2D eigenvalue weighted by molar-refractivity contribution is 7.89. The smallest absolute Gasteiger partial charge is 0.354 e. The standard InChI is InChI=1S/C17H20N6O6S/c1-11-2-4-13(5-3-11)30(28,29)21-20-15-14(23(26)27)16(19-10-18-15)22-8-6-12(7-9-22)17(24)25/h2-5,10,12,21H,6-9H2,1H3,(H,24,25)(H,18,19,20).